The molecule has 1 aliphatic rings. The van der Waals surface area contributed by atoms with Crippen LogP contribution in [0.5, 0.6) is 0 Å². The summed E-state index contributed by atoms with van der Waals surface area (Å²) in [5.41, 5.74) is 3.51. The molecular formula is C20H23N5O2S. The standard InChI is InChI=1S/C20H23N5O2S/c1-12-8-17(28-11-12)19(26)25-7-5-6-15(25)18-14(16-9-13(2)23-27-16)10-21-20(22-18)24(3)4/h8-11,15H,5-7H2,1-4H3/t15-/m1/s1. The fraction of sp³-hybridized carbons (Fsp3) is 0.400. The molecule has 0 saturated carbocycles. The van der Waals surface area contributed by atoms with Crippen LogP contribution in [0.1, 0.15) is 45.5 Å². The number of aryl methyl sites for hydroxylation is 2. The Morgan fingerprint density at radius 1 is 1.32 bits per heavy atom. The van der Waals surface area contributed by atoms with Crippen molar-refractivity contribution < 1.29 is 9.32 Å². The van der Waals surface area contributed by atoms with Gasteiger partial charge in [-0.3, -0.25) is 4.79 Å². The first kappa shape index (κ1) is 18.6. The lowest BCUT2D eigenvalue weighted by Crippen LogP contribution is -2.31. The summed E-state index contributed by atoms with van der Waals surface area (Å²) in [5.74, 6) is 1.30. The number of carbonyl (C=O) groups excluding carboxylic acids is 1. The van der Waals surface area contributed by atoms with Gasteiger partial charge in [0.1, 0.15) is 0 Å². The highest BCUT2D eigenvalue weighted by Gasteiger charge is 2.35. The van der Waals surface area contributed by atoms with Gasteiger partial charge in [0.15, 0.2) is 5.76 Å². The largest absolute Gasteiger partial charge is 0.356 e. The molecule has 1 aliphatic heterocycles. The van der Waals surface area contributed by atoms with E-state index in [9.17, 15) is 4.79 Å². The van der Waals surface area contributed by atoms with Crippen molar-refractivity contribution in [3.05, 3.63) is 45.5 Å². The molecule has 0 unspecified atom stereocenters. The number of aromatic nitrogens is 3. The lowest BCUT2D eigenvalue weighted by atomic mass is 10.0. The molecule has 0 radical (unpaired) electrons. The van der Waals surface area contributed by atoms with Crippen molar-refractivity contribution in [1.29, 1.82) is 0 Å². The van der Waals surface area contributed by atoms with Gasteiger partial charge < -0.3 is 14.3 Å². The zero-order valence-corrected chi connectivity index (χ0v) is 17.3. The fourth-order valence-corrected chi connectivity index (χ4v) is 4.37. The number of nitrogens with zero attached hydrogens (tertiary/aromatic N) is 5. The van der Waals surface area contributed by atoms with Crippen LogP contribution in [-0.4, -0.2) is 46.6 Å². The maximum absolute atomic E-state index is 13.2. The number of likely N-dealkylation sites (tertiary alicyclic amines) is 1. The summed E-state index contributed by atoms with van der Waals surface area (Å²) in [7, 11) is 3.81. The molecule has 1 saturated heterocycles. The Morgan fingerprint density at radius 2 is 2.14 bits per heavy atom. The summed E-state index contributed by atoms with van der Waals surface area (Å²) in [6.07, 6.45) is 3.57. The number of rotatable bonds is 4. The Labute approximate surface area is 168 Å². The van der Waals surface area contributed by atoms with E-state index < -0.39 is 0 Å². The van der Waals surface area contributed by atoms with Crippen LogP contribution in [0.2, 0.25) is 0 Å². The van der Waals surface area contributed by atoms with Crippen LogP contribution in [0.4, 0.5) is 5.95 Å². The van der Waals surface area contributed by atoms with Crippen LogP contribution in [0.3, 0.4) is 0 Å². The Balaban J connectivity index is 1.77. The van der Waals surface area contributed by atoms with Crippen molar-refractivity contribution in [2.24, 2.45) is 0 Å². The van der Waals surface area contributed by atoms with E-state index in [1.807, 2.05) is 55.3 Å². The molecule has 0 N–H and O–H groups in total. The normalized spacial score (nSPS) is 16.6. The second-order valence-corrected chi connectivity index (χ2v) is 8.25. The third kappa shape index (κ3) is 3.40. The molecule has 0 bridgehead atoms. The van der Waals surface area contributed by atoms with Gasteiger partial charge in [0.2, 0.25) is 5.95 Å². The molecule has 3 aromatic heterocycles. The molecule has 146 valence electrons. The lowest BCUT2D eigenvalue weighted by molar-refractivity contribution is 0.0738. The van der Waals surface area contributed by atoms with Crippen molar-refractivity contribution in [2.75, 3.05) is 25.5 Å². The van der Waals surface area contributed by atoms with E-state index in [1.165, 1.54) is 11.3 Å². The molecule has 7 nitrogen and oxygen atoms in total. The molecule has 3 aromatic rings. The summed E-state index contributed by atoms with van der Waals surface area (Å²) < 4.78 is 5.49. The Morgan fingerprint density at radius 3 is 2.79 bits per heavy atom. The topological polar surface area (TPSA) is 75.4 Å². The van der Waals surface area contributed by atoms with E-state index in [0.29, 0.717) is 11.7 Å². The van der Waals surface area contributed by atoms with Crippen LogP contribution in [-0.2, 0) is 0 Å². The van der Waals surface area contributed by atoms with Crippen molar-refractivity contribution in [2.45, 2.75) is 32.7 Å². The van der Waals surface area contributed by atoms with Gasteiger partial charge in [-0.1, -0.05) is 5.16 Å². The second kappa shape index (κ2) is 7.35. The Kier molecular flexibility index (Phi) is 4.89. The van der Waals surface area contributed by atoms with E-state index in [2.05, 4.69) is 10.1 Å². The van der Waals surface area contributed by atoms with E-state index in [4.69, 9.17) is 9.51 Å². The van der Waals surface area contributed by atoms with E-state index >= 15 is 0 Å². The van der Waals surface area contributed by atoms with Crippen molar-refractivity contribution in [3.8, 4) is 11.3 Å². The van der Waals surface area contributed by atoms with Crippen LogP contribution in [0.15, 0.2) is 28.2 Å². The van der Waals surface area contributed by atoms with Gasteiger partial charge in [-0.2, -0.15) is 0 Å². The number of hydrogen-bond donors (Lipinski definition) is 0. The van der Waals surface area contributed by atoms with Gasteiger partial charge in [0.05, 0.1) is 27.9 Å². The summed E-state index contributed by atoms with van der Waals surface area (Å²) in [5, 5.41) is 6.01. The van der Waals surface area contributed by atoms with Gasteiger partial charge >= 0.3 is 0 Å². The van der Waals surface area contributed by atoms with Gasteiger partial charge in [-0.25, -0.2) is 9.97 Å². The van der Waals surface area contributed by atoms with Crippen molar-refractivity contribution >= 4 is 23.2 Å². The Hall–Kier alpha value is -2.74. The molecule has 4 rings (SSSR count). The SMILES string of the molecule is Cc1csc(C(=O)N2CCC[C@@H]2c2nc(N(C)C)ncc2-c2cc(C)no2)c1. The average molecular weight is 398 g/mol. The summed E-state index contributed by atoms with van der Waals surface area (Å²) >= 11 is 1.49. The molecule has 1 amide bonds. The molecule has 0 aromatic carbocycles. The first-order chi connectivity index (χ1) is 13.4. The second-order valence-electron chi connectivity index (χ2n) is 7.34. The number of hydrogen-bond acceptors (Lipinski definition) is 7. The third-order valence-corrected chi connectivity index (χ3v) is 5.91. The van der Waals surface area contributed by atoms with Gasteiger partial charge in [-0.05, 0) is 43.7 Å². The molecule has 0 spiro atoms. The predicted molar refractivity (Wildman–Crippen MR) is 109 cm³/mol. The van der Waals surface area contributed by atoms with Crippen molar-refractivity contribution in [1.82, 2.24) is 20.0 Å². The predicted octanol–water partition coefficient (Wildman–Crippen LogP) is 3.85. The van der Waals surface area contributed by atoms with Crippen LogP contribution >= 0.6 is 11.3 Å². The first-order valence-electron chi connectivity index (χ1n) is 9.28. The molecule has 1 fully saturated rings. The molecular weight excluding hydrogens is 374 g/mol. The molecule has 8 heteroatoms. The molecule has 0 aliphatic carbocycles. The van der Waals surface area contributed by atoms with Crippen LogP contribution in [0, 0.1) is 13.8 Å². The maximum Gasteiger partial charge on any atom is 0.264 e. The molecule has 1 atom stereocenters. The van der Waals surface area contributed by atoms with Crippen molar-refractivity contribution in [3.63, 3.8) is 0 Å². The van der Waals surface area contributed by atoms with Gasteiger partial charge in [0, 0.05) is 32.9 Å². The quantitative estimate of drug-likeness (QED) is 0.666. The maximum atomic E-state index is 13.2. The lowest BCUT2D eigenvalue weighted by Gasteiger charge is -2.26. The fourth-order valence-electron chi connectivity index (χ4n) is 3.51. The zero-order valence-electron chi connectivity index (χ0n) is 16.5. The highest BCUT2D eigenvalue weighted by molar-refractivity contribution is 7.12. The first-order valence-corrected chi connectivity index (χ1v) is 10.2. The monoisotopic (exact) mass is 397 g/mol. The highest BCUT2D eigenvalue weighted by atomic mass is 32.1. The minimum Gasteiger partial charge on any atom is -0.356 e. The number of thiophene rings is 1. The summed E-state index contributed by atoms with van der Waals surface area (Å²) in [6, 6.07) is 3.72. The number of carbonyl (C=O) groups is 1. The highest BCUT2D eigenvalue weighted by Crippen LogP contribution is 2.38. The minimum atomic E-state index is -0.114. The van der Waals surface area contributed by atoms with E-state index in [-0.39, 0.29) is 11.9 Å². The zero-order chi connectivity index (χ0) is 19.8. The van der Waals surface area contributed by atoms with Gasteiger partial charge in [-0.15, -0.1) is 11.3 Å². The van der Waals surface area contributed by atoms with E-state index in [1.54, 1.807) is 6.20 Å². The Bertz CT molecular complexity index is 1010. The van der Waals surface area contributed by atoms with Crippen LogP contribution < -0.4 is 4.90 Å². The minimum absolute atomic E-state index is 0.0605. The van der Waals surface area contributed by atoms with Gasteiger partial charge in [0.25, 0.3) is 5.91 Å². The molecule has 4 heterocycles. The summed E-state index contributed by atoms with van der Waals surface area (Å²) in [4.78, 5) is 27.0. The number of anilines is 1. The third-order valence-electron chi connectivity index (χ3n) is 4.87. The number of amides is 1. The van der Waals surface area contributed by atoms with E-state index in [0.717, 1.165) is 46.8 Å². The summed E-state index contributed by atoms with van der Waals surface area (Å²) in [6.45, 7) is 4.61. The van der Waals surface area contributed by atoms with Crippen LogP contribution in [0.25, 0.3) is 11.3 Å². The smallest absolute Gasteiger partial charge is 0.264 e. The molecule has 28 heavy (non-hydrogen) atoms. The average Bonchev–Trinajstić information content (AvgIpc) is 3.41.